The Hall–Kier alpha value is -3.45. The number of nitrogens with zero attached hydrogens (tertiary/aromatic N) is 3. The maximum absolute atomic E-state index is 13.1. The molecule has 1 N–H and O–H groups in total. The predicted molar refractivity (Wildman–Crippen MR) is 116 cm³/mol. The number of anilines is 1. The summed E-state index contributed by atoms with van der Waals surface area (Å²) >= 11 is 1.43. The topological polar surface area (TPSA) is 59.8 Å². The highest BCUT2D eigenvalue weighted by Crippen LogP contribution is 2.25. The number of nitrogens with one attached hydrogen (secondary N) is 1. The van der Waals surface area contributed by atoms with Gasteiger partial charge >= 0.3 is 0 Å². The molecule has 4 rings (SSSR count). The molecule has 4 aromatic rings. The van der Waals surface area contributed by atoms with E-state index in [1.54, 1.807) is 41.2 Å². The summed E-state index contributed by atoms with van der Waals surface area (Å²) in [5.74, 6) is 0.529. The number of halogens is 1. The number of hydrogen-bond donors (Lipinski definition) is 1. The van der Waals surface area contributed by atoms with Crippen LogP contribution in [0.15, 0.2) is 90.2 Å². The van der Waals surface area contributed by atoms with Gasteiger partial charge in [-0.3, -0.25) is 9.48 Å². The van der Waals surface area contributed by atoms with E-state index in [-0.39, 0.29) is 11.7 Å². The molecule has 2 aromatic heterocycles. The second kappa shape index (κ2) is 9.37. The standard InChI is InChI=1S/C23H19FN4OS/c24-19-10-8-18(9-11-19)16-30-23-20(7-4-13-25-23)22(29)26-21-12-14-28(27-21)15-17-5-2-1-3-6-17/h1-14H,15-16H2,(H,26,27,29). The Morgan fingerprint density at radius 2 is 1.77 bits per heavy atom. The molecule has 0 spiro atoms. The Balaban J connectivity index is 1.42. The van der Waals surface area contributed by atoms with Crippen molar-refractivity contribution in [1.82, 2.24) is 14.8 Å². The number of hydrogen-bond acceptors (Lipinski definition) is 4. The summed E-state index contributed by atoms with van der Waals surface area (Å²) in [7, 11) is 0. The first-order valence-electron chi connectivity index (χ1n) is 9.38. The summed E-state index contributed by atoms with van der Waals surface area (Å²) in [6.45, 7) is 0.627. The van der Waals surface area contributed by atoms with Crippen molar-refractivity contribution in [1.29, 1.82) is 0 Å². The van der Waals surface area contributed by atoms with Crippen molar-refractivity contribution < 1.29 is 9.18 Å². The molecule has 0 unspecified atom stereocenters. The van der Waals surface area contributed by atoms with Crippen LogP contribution in [0.5, 0.6) is 0 Å². The lowest BCUT2D eigenvalue weighted by molar-refractivity contribution is 0.102. The van der Waals surface area contributed by atoms with E-state index in [1.165, 1.54) is 23.9 Å². The van der Waals surface area contributed by atoms with Crippen LogP contribution in [0, 0.1) is 5.82 Å². The van der Waals surface area contributed by atoms with Crippen molar-refractivity contribution >= 4 is 23.5 Å². The number of benzene rings is 2. The quantitative estimate of drug-likeness (QED) is 0.429. The highest BCUT2D eigenvalue weighted by atomic mass is 32.2. The summed E-state index contributed by atoms with van der Waals surface area (Å²) in [4.78, 5) is 17.1. The maximum atomic E-state index is 13.1. The van der Waals surface area contributed by atoms with Crippen molar-refractivity contribution in [3.05, 3.63) is 108 Å². The Labute approximate surface area is 178 Å². The number of aromatic nitrogens is 3. The molecule has 2 heterocycles. The fourth-order valence-electron chi connectivity index (χ4n) is 2.88. The first-order chi connectivity index (χ1) is 14.7. The molecule has 0 saturated carbocycles. The van der Waals surface area contributed by atoms with E-state index in [2.05, 4.69) is 15.4 Å². The van der Waals surface area contributed by atoms with Crippen LogP contribution in [0.3, 0.4) is 0 Å². The third kappa shape index (κ3) is 5.12. The zero-order valence-electron chi connectivity index (χ0n) is 16.0. The molecule has 30 heavy (non-hydrogen) atoms. The Morgan fingerprint density at radius 1 is 0.967 bits per heavy atom. The fraction of sp³-hybridized carbons (Fsp3) is 0.0870. The molecule has 150 valence electrons. The van der Waals surface area contributed by atoms with Crippen LogP contribution < -0.4 is 5.32 Å². The Bertz CT molecular complexity index is 1130. The van der Waals surface area contributed by atoms with E-state index >= 15 is 0 Å². The predicted octanol–water partition coefficient (Wildman–Crippen LogP) is 5.01. The first kappa shape index (κ1) is 19.8. The Kier molecular flexibility index (Phi) is 6.20. The van der Waals surface area contributed by atoms with Crippen molar-refractivity contribution in [2.45, 2.75) is 17.3 Å². The number of amides is 1. The van der Waals surface area contributed by atoms with E-state index in [0.29, 0.717) is 28.7 Å². The molecule has 0 aliphatic rings. The van der Waals surface area contributed by atoms with Gasteiger partial charge in [-0.15, -0.1) is 11.8 Å². The first-order valence-corrected chi connectivity index (χ1v) is 10.4. The number of pyridine rings is 1. The molecule has 1 amide bonds. The molecule has 0 saturated heterocycles. The highest BCUT2D eigenvalue weighted by molar-refractivity contribution is 7.98. The van der Waals surface area contributed by atoms with Crippen LogP contribution in [0.25, 0.3) is 0 Å². The van der Waals surface area contributed by atoms with Crippen molar-refractivity contribution in [2.24, 2.45) is 0 Å². The van der Waals surface area contributed by atoms with Crippen molar-refractivity contribution in [2.75, 3.05) is 5.32 Å². The van der Waals surface area contributed by atoms with Crippen LogP contribution in [0.4, 0.5) is 10.2 Å². The smallest absolute Gasteiger partial charge is 0.259 e. The normalized spacial score (nSPS) is 10.7. The SMILES string of the molecule is O=C(Nc1ccn(Cc2ccccc2)n1)c1cccnc1SCc1ccc(F)cc1. The molecule has 0 aliphatic heterocycles. The van der Waals surface area contributed by atoms with Crippen LogP contribution >= 0.6 is 11.8 Å². The van der Waals surface area contributed by atoms with Gasteiger partial charge in [0.05, 0.1) is 12.1 Å². The van der Waals surface area contributed by atoms with Crippen LogP contribution in [-0.4, -0.2) is 20.7 Å². The van der Waals surface area contributed by atoms with Gasteiger partial charge in [-0.05, 0) is 35.4 Å². The second-order valence-electron chi connectivity index (χ2n) is 6.61. The molecule has 5 nitrogen and oxygen atoms in total. The van der Waals surface area contributed by atoms with Gasteiger partial charge < -0.3 is 5.32 Å². The molecule has 7 heteroatoms. The summed E-state index contributed by atoms with van der Waals surface area (Å²) in [6, 6.07) is 21.5. The third-order valence-corrected chi connectivity index (χ3v) is 5.45. The van der Waals surface area contributed by atoms with Gasteiger partial charge in [0.1, 0.15) is 10.8 Å². The van der Waals surface area contributed by atoms with E-state index in [9.17, 15) is 9.18 Å². The molecule has 0 bridgehead atoms. The van der Waals surface area contributed by atoms with Crippen molar-refractivity contribution in [3.63, 3.8) is 0 Å². The maximum Gasteiger partial charge on any atom is 0.259 e. The zero-order valence-corrected chi connectivity index (χ0v) is 16.8. The molecular formula is C23H19FN4OS. The lowest BCUT2D eigenvalue weighted by atomic mass is 10.2. The molecule has 0 aliphatic carbocycles. The lowest BCUT2D eigenvalue weighted by Crippen LogP contribution is -2.14. The minimum atomic E-state index is -0.270. The van der Waals surface area contributed by atoms with Crippen LogP contribution in [-0.2, 0) is 12.3 Å². The number of rotatable bonds is 7. The number of thioether (sulfide) groups is 1. The van der Waals surface area contributed by atoms with E-state index in [1.807, 2.05) is 36.5 Å². The van der Waals surface area contributed by atoms with Gasteiger partial charge in [0.2, 0.25) is 0 Å². The fourth-order valence-corrected chi connectivity index (χ4v) is 3.83. The summed E-state index contributed by atoms with van der Waals surface area (Å²) in [5.41, 5.74) is 2.56. The summed E-state index contributed by atoms with van der Waals surface area (Å²) in [5, 5.41) is 7.88. The molecular weight excluding hydrogens is 399 g/mol. The van der Waals surface area contributed by atoms with Gasteiger partial charge in [0.25, 0.3) is 5.91 Å². The van der Waals surface area contributed by atoms with E-state index in [4.69, 9.17) is 0 Å². The van der Waals surface area contributed by atoms with Crippen LogP contribution in [0.1, 0.15) is 21.5 Å². The minimum Gasteiger partial charge on any atom is -0.305 e. The second-order valence-corrected chi connectivity index (χ2v) is 7.57. The van der Waals surface area contributed by atoms with Crippen LogP contribution in [0.2, 0.25) is 0 Å². The monoisotopic (exact) mass is 418 g/mol. The number of carbonyl (C=O) groups is 1. The van der Waals surface area contributed by atoms with E-state index < -0.39 is 0 Å². The third-order valence-electron chi connectivity index (χ3n) is 4.37. The van der Waals surface area contributed by atoms with Gasteiger partial charge in [0, 0.05) is 24.2 Å². The zero-order chi connectivity index (χ0) is 20.8. The average Bonchev–Trinajstić information content (AvgIpc) is 3.21. The Morgan fingerprint density at radius 3 is 2.57 bits per heavy atom. The summed E-state index contributed by atoms with van der Waals surface area (Å²) < 4.78 is 14.8. The molecule has 2 aromatic carbocycles. The van der Waals surface area contributed by atoms with E-state index in [0.717, 1.165) is 11.1 Å². The molecule has 0 fully saturated rings. The van der Waals surface area contributed by atoms with Gasteiger partial charge in [0.15, 0.2) is 5.82 Å². The highest BCUT2D eigenvalue weighted by Gasteiger charge is 2.14. The lowest BCUT2D eigenvalue weighted by Gasteiger charge is -2.08. The summed E-state index contributed by atoms with van der Waals surface area (Å²) in [6.07, 6.45) is 3.48. The average molecular weight is 418 g/mol. The van der Waals surface area contributed by atoms with Gasteiger partial charge in [-0.1, -0.05) is 42.5 Å². The number of carbonyl (C=O) groups excluding carboxylic acids is 1. The largest absolute Gasteiger partial charge is 0.305 e. The van der Waals surface area contributed by atoms with Gasteiger partial charge in [-0.25, -0.2) is 9.37 Å². The van der Waals surface area contributed by atoms with Gasteiger partial charge in [-0.2, -0.15) is 5.10 Å². The molecule has 0 radical (unpaired) electrons. The molecule has 0 atom stereocenters. The minimum absolute atomic E-state index is 0.269. The van der Waals surface area contributed by atoms with Crippen molar-refractivity contribution in [3.8, 4) is 0 Å².